The Bertz CT molecular complexity index is 967. The number of hydrogen-bond acceptors (Lipinski definition) is 3. The molecule has 0 spiro atoms. The zero-order chi connectivity index (χ0) is 22.8. The van der Waals surface area contributed by atoms with Gasteiger partial charge in [0.05, 0.1) is 18.5 Å². The van der Waals surface area contributed by atoms with Crippen LogP contribution in [0.15, 0.2) is 40.5 Å². The zero-order valence-corrected chi connectivity index (χ0v) is 20.3. The first-order chi connectivity index (χ1) is 14.5. The molecular weight excluding hydrogens is 384 g/mol. The lowest BCUT2D eigenvalue weighted by molar-refractivity contribution is 0.169. The second-order valence-electron chi connectivity index (χ2n) is 10.4. The van der Waals surface area contributed by atoms with Crippen molar-refractivity contribution in [1.82, 2.24) is 9.78 Å². The molecule has 168 valence electrons. The summed E-state index contributed by atoms with van der Waals surface area (Å²) in [6.07, 6.45) is 15.0. The first kappa shape index (κ1) is 23.3. The molecule has 3 rings (SSSR count). The lowest BCUT2D eigenvalue weighted by Gasteiger charge is -2.32. The third kappa shape index (κ3) is 5.11. The number of rotatable bonds is 4. The van der Waals surface area contributed by atoms with Gasteiger partial charge < -0.3 is 4.74 Å². The minimum Gasteiger partial charge on any atom is -0.451 e. The maximum absolute atomic E-state index is 12.4. The predicted octanol–water partition coefficient (Wildman–Crippen LogP) is 7.58. The van der Waals surface area contributed by atoms with Crippen LogP contribution in [-0.4, -0.2) is 23.0 Å². The molecule has 2 aliphatic rings. The van der Waals surface area contributed by atoms with E-state index in [1.807, 2.05) is 18.2 Å². The topological polar surface area (TPSA) is 44.1 Å². The monoisotopic (exact) mass is 422 g/mol. The van der Waals surface area contributed by atoms with Crippen LogP contribution in [0.3, 0.4) is 0 Å². The van der Waals surface area contributed by atoms with Crippen molar-refractivity contribution in [3.05, 3.63) is 51.9 Å². The van der Waals surface area contributed by atoms with E-state index in [0.29, 0.717) is 0 Å². The summed E-state index contributed by atoms with van der Waals surface area (Å²) < 4.78 is 6.33. The third-order valence-corrected chi connectivity index (χ3v) is 7.03. The molecule has 0 aromatic carbocycles. The van der Waals surface area contributed by atoms with Gasteiger partial charge in [-0.2, -0.15) is 9.78 Å². The molecule has 2 aliphatic carbocycles. The number of aromatic nitrogens is 2. The summed E-state index contributed by atoms with van der Waals surface area (Å²) in [6, 6.07) is 1.96. The fourth-order valence-electron chi connectivity index (χ4n) is 5.21. The number of nitrogens with zero attached hydrogens (tertiary/aromatic N) is 2. The summed E-state index contributed by atoms with van der Waals surface area (Å²) in [7, 11) is 1.39. The van der Waals surface area contributed by atoms with Crippen molar-refractivity contribution in [2.24, 2.45) is 10.8 Å². The Morgan fingerprint density at radius 3 is 1.94 bits per heavy atom. The molecule has 1 aromatic rings. The van der Waals surface area contributed by atoms with Crippen LogP contribution in [0, 0.1) is 10.8 Å². The number of carbonyl (C=O) groups excluding carboxylic acids is 1. The first-order valence-electron chi connectivity index (χ1n) is 11.5. The molecule has 0 saturated heterocycles. The van der Waals surface area contributed by atoms with Gasteiger partial charge in [-0.1, -0.05) is 51.0 Å². The molecule has 1 heterocycles. The highest BCUT2D eigenvalue weighted by atomic mass is 16.5. The average Bonchev–Trinajstić information content (AvgIpc) is 3.08. The van der Waals surface area contributed by atoms with E-state index in [4.69, 9.17) is 4.74 Å². The number of methoxy groups -OCH3 is 1. The molecule has 0 atom stereocenters. The van der Waals surface area contributed by atoms with Crippen molar-refractivity contribution in [2.75, 3.05) is 7.11 Å². The highest BCUT2D eigenvalue weighted by molar-refractivity contribution is 5.74. The lowest BCUT2D eigenvalue weighted by atomic mass is 9.72. The smallest absolute Gasteiger partial charge is 0.434 e. The van der Waals surface area contributed by atoms with E-state index in [1.54, 1.807) is 0 Å². The van der Waals surface area contributed by atoms with E-state index in [-0.39, 0.29) is 10.8 Å². The van der Waals surface area contributed by atoms with Crippen LogP contribution in [0.1, 0.15) is 91.5 Å². The van der Waals surface area contributed by atoms with Crippen LogP contribution < -0.4 is 0 Å². The summed E-state index contributed by atoms with van der Waals surface area (Å²) in [5, 5.41) is 4.52. The summed E-state index contributed by atoms with van der Waals surface area (Å²) in [5.41, 5.74) is 7.44. The van der Waals surface area contributed by atoms with Gasteiger partial charge in [-0.3, -0.25) is 0 Å². The maximum atomic E-state index is 12.4. The molecule has 0 fully saturated rings. The van der Waals surface area contributed by atoms with Gasteiger partial charge in [0.2, 0.25) is 0 Å². The number of ether oxygens (including phenoxy) is 1. The summed E-state index contributed by atoms with van der Waals surface area (Å²) in [4.78, 5) is 12.4. The van der Waals surface area contributed by atoms with Crippen molar-refractivity contribution >= 4 is 18.2 Å². The number of allylic oxidation sites excluding steroid dienone is 6. The second kappa shape index (κ2) is 9.02. The minimum atomic E-state index is -0.471. The Morgan fingerprint density at radius 2 is 1.45 bits per heavy atom. The van der Waals surface area contributed by atoms with Crippen molar-refractivity contribution in [3.8, 4) is 0 Å². The molecule has 0 bridgehead atoms. The third-order valence-electron chi connectivity index (χ3n) is 7.03. The van der Waals surface area contributed by atoms with E-state index in [2.05, 4.69) is 58.8 Å². The summed E-state index contributed by atoms with van der Waals surface area (Å²) in [5.74, 6) is 0. The zero-order valence-electron chi connectivity index (χ0n) is 20.3. The molecule has 0 unspecified atom stereocenters. The van der Waals surface area contributed by atoms with Gasteiger partial charge in [0, 0.05) is 0 Å². The van der Waals surface area contributed by atoms with Gasteiger partial charge in [0.1, 0.15) is 0 Å². The van der Waals surface area contributed by atoms with Crippen molar-refractivity contribution in [2.45, 2.75) is 80.1 Å². The highest BCUT2D eigenvalue weighted by Crippen LogP contribution is 2.42. The molecular formula is C27H38N2O2. The van der Waals surface area contributed by atoms with Gasteiger partial charge in [-0.15, -0.1) is 0 Å². The largest absolute Gasteiger partial charge is 0.451 e. The normalized spacial score (nSPS) is 21.4. The second-order valence-corrected chi connectivity index (χ2v) is 10.4. The van der Waals surface area contributed by atoms with Crippen LogP contribution in [0.2, 0.25) is 0 Å². The van der Waals surface area contributed by atoms with Gasteiger partial charge in [0.25, 0.3) is 0 Å². The highest BCUT2D eigenvalue weighted by Gasteiger charge is 2.28. The predicted molar refractivity (Wildman–Crippen MR) is 129 cm³/mol. The Labute approximate surface area is 187 Å². The Balaban J connectivity index is 1.95. The van der Waals surface area contributed by atoms with Crippen molar-refractivity contribution < 1.29 is 9.53 Å². The summed E-state index contributed by atoms with van der Waals surface area (Å²) >= 11 is 0. The number of carbonyl (C=O) groups is 1. The Kier molecular flexibility index (Phi) is 6.78. The van der Waals surface area contributed by atoms with Gasteiger partial charge in [-0.25, -0.2) is 4.79 Å². The fraction of sp³-hybridized carbons (Fsp3) is 0.556. The van der Waals surface area contributed by atoms with E-state index >= 15 is 0 Å². The Morgan fingerprint density at radius 1 is 0.935 bits per heavy atom. The summed E-state index contributed by atoms with van der Waals surface area (Å²) in [6.45, 7) is 13.6. The van der Waals surface area contributed by atoms with Gasteiger partial charge in [0.15, 0.2) is 0 Å². The quantitative estimate of drug-likeness (QED) is 0.502. The molecule has 0 aliphatic heterocycles. The lowest BCUT2D eigenvalue weighted by Crippen LogP contribution is -2.19. The maximum Gasteiger partial charge on any atom is 0.434 e. The van der Waals surface area contributed by atoms with Crippen LogP contribution in [0.25, 0.3) is 12.2 Å². The van der Waals surface area contributed by atoms with Crippen LogP contribution in [-0.2, 0) is 4.74 Å². The Hall–Kier alpha value is -2.36. The molecule has 0 amide bonds. The molecule has 0 radical (unpaired) electrons. The standard InChI is InChI=1S/C27H38N2O2/c1-19-10-8-16-26(3,4)23(19)14-12-21-18-22(29(28-21)25(30)31-7)13-15-24-20(2)11-9-17-27(24,5)6/h12-15,18H,8-11,16-17H2,1-7H3. The molecule has 0 saturated carbocycles. The van der Waals surface area contributed by atoms with Crippen molar-refractivity contribution in [1.29, 1.82) is 0 Å². The van der Waals surface area contributed by atoms with Crippen LogP contribution in [0.5, 0.6) is 0 Å². The first-order valence-corrected chi connectivity index (χ1v) is 11.5. The van der Waals surface area contributed by atoms with Crippen molar-refractivity contribution in [3.63, 3.8) is 0 Å². The van der Waals surface area contributed by atoms with Gasteiger partial charge in [-0.05, 0) is 92.6 Å². The average molecular weight is 423 g/mol. The van der Waals surface area contributed by atoms with E-state index in [9.17, 15) is 4.79 Å². The minimum absolute atomic E-state index is 0.147. The molecule has 1 aromatic heterocycles. The molecule has 4 heteroatoms. The van der Waals surface area contributed by atoms with E-state index < -0.39 is 6.09 Å². The van der Waals surface area contributed by atoms with Gasteiger partial charge >= 0.3 is 6.09 Å². The van der Waals surface area contributed by atoms with E-state index in [0.717, 1.165) is 24.2 Å². The number of hydrogen-bond donors (Lipinski definition) is 0. The van der Waals surface area contributed by atoms with E-state index in [1.165, 1.54) is 59.8 Å². The molecule has 4 nitrogen and oxygen atoms in total. The SMILES string of the molecule is COC(=O)n1nc(C=CC2=C(C)CCCC2(C)C)cc1C=CC1=C(C)CCCC1(C)C. The fourth-order valence-corrected chi connectivity index (χ4v) is 5.21. The molecule has 0 N–H and O–H groups in total. The molecule has 31 heavy (non-hydrogen) atoms. The van der Waals surface area contributed by atoms with Crippen LogP contribution >= 0.6 is 0 Å². The van der Waals surface area contributed by atoms with Crippen LogP contribution in [0.4, 0.5) is 4.79 Å².